The van der Waals surface area contributed by atoms with E-state index in [1.807, 2.05) is 56.3 Å². The summed E-state index contributed by atoms with van der Waals surface area (Å²) < 4.78 is 113. The van der Waals surface area contributed by atoms with Gasteiger partial charge < -0.3 is 25.4 Å². The van der Waals surface area contributed by atoms with E-state index in [2.05, 4.69) is 102 Å². The van der Waals surface area contributed by atoms with Crippen LogP contribution in [0.15, 0.2) is 153 Å². The second-order valence-electron chi connectivity index (χ2n) is 24.4. The van der Waals surface area contributed by atoms with Crippen LogP contribution in [0.1, 0.15) is 161 Å². The molecule has 0 bridgehead atoms. The number of carboxylic acids is 1. The van der Waals surface area contributed by atoms with Crippen LogP contribution >= 0.6 is 85.1 Å². The van der Waals surface area contributed by atoms with Crippen LogP contribution in [-0.2, 0) is 68.7 Å². The van der Waals surface area contributed by atoms with Crippen LogP contribution < -0.4 is 5.32 Å². The van der Waals surface area contributed by atoms with Crippen LogP contribution in [0.25, 0.3) is 0 Å². The summed E-state index contributed by atoms with van der Waals surface area (Å²) in [5, 5.41) is 30.5. The molecule has 3 atom stereocenters. The van der Waals surface area contributed by atoms with Crippen molar-refractivity contribution < 1.29 is 82.5 Å². The number of aliphatic hydroxyl groups excluding tert-OH is 2. The number of aryl methyl sites for hydroxylation is 2. The molecule has 574 valence electrons. The molecule has 3 heterocycles. The average Bonchev–Trinajstić information content (AvgIpc) is 1.40. The van der Waals surface area contributed by atoms with E-state index in [0.717, 1.165) is 74.4 Å². The van der Waals surface area contributed by atoms with Gasteiger partial charge in [0.2, 0.25) is 20.0 Å². The first-order valence-electron chi connectivity index (χ1n) is 33.6. The Morgan fingerprint density at radius 3 is 1.42 bits per heavy atom. The van der Waals surface area contributed by atoms with Gasteiger partial charge in [-0.3, -0.25) is 4.79 Å². The number of aromatic carboxylic acids is 1. The maximum Gasteiger partial charge on any atom is 0.373 e. The van der Waals surface area contributed by atoms with Crippen LogP contribution in [0.4, 0.5) is 0 Å². The van der Waals surface area contributed by atoms with Gasteiger partial charge in [-0.15, -0.1) is 0 Å². The number of allylic oxidation sites excluding steroid dienone is 1. The monoisotopic (exact) mass is 1910 g/mol. The van der Waals surface area contributed by atoms with Crippen molar-refractivity contribution in [1.82, 2.24) is 13.9 Å². The van der Waals surface area contributed by atoms with Gasteiger partial charge in [-0.25, -0.2) is 38.5 Å². The third-order valence-electron chi connectivity index (χ3n) is 16.4. The molecule has 21 nitrogen and oxygen atoms in total. The van der Waals surface area contributed by atoms with Crippen LogP contribution in [0.2, 0.25) is 17.7 Å². The van der Waals surface area contributed by atoms with Crippen LogP contribution in [0.3, 0.4) is 0 Å². The minimum absolute atomic E-state index is 0.0370. The van der Waals surface area contributed by atoms with Crippen LogP contribution in [0, 0.1) is 13.8 Å². The number of benzene rings is 5. The minimum atomic E-state index is -3.93. The first kappa shape index (κ1) is 97.6. The normalized spacial score (nSPS) is 16.5. The fraction of sp³-hybridized carbons (Fsp3) is 0.493. The standard InChI is InChI=1S/C20H24BrNO3S.C13H18BrNO3S.C8H6BrClO3S.C7H4BrClO4S.C6H13NO.3C4H9.C3H5.2CO2.Sn/c1-16-9-10-19(21)20(14-16)26(23,24)22-12-5-8-18(11-13-22)25-15-17-6-3-2-4-7-17;1-10-4-5-12(14)13(9-10)19(17,18)15-7-2-3-11(16)6-8-15;1-5(11)6-2-3-7(9)8(4-6)14(10,12)13;8-5-2-1-4(7(10)11)3-6(5)14(9,12)13;8-6-2-1-4-7-5-3-6;3*1-3-4-2;1-3-2;2*2-1-3;/h2-4,6-7,9-10,14,18H,5,8,11-13,15H2,1H3;4-5,9,11,16H,2-3,6-8H2,1H3;2-4H,1H3;1-3H,(H,10,11);6-8H,1-5H2;3*1,3-4H2,2H3;3H,1-2H2;;;. The van der Waals surface area contributed by atoms with Crippen molar-refractivity contribution in [1.29, 1.82) is 0 Å². The predicted molar refractivity (Wildman–Crippen MR) is 418 cm³/mol. The van der Waals surface area contributed by atoms with Crippen molar-refractivity contribution in [3.63, 3.8) is 0 Å². The second-order valence-corrected chi connectivity index (χ2v) is 50.7. The summed E-state index contributed by atoms with van der Waals surface area (Å²) in [4.78, 5) is 54.3. The molecule has 0 spiro atoms. The summed E-state index contributed by atoms with van der Waals surface area (Å²) in [6.45, 7) is 20.7. The zero-order chi connectivity index (χ0) is 78.0. The summed E-state index contributed by atoms with van der Waals surface area (Å²) in [5.41, 5.74) is 3.17. The van der Waals surface area contributed by atoms with Gasteiger partial charge in [0, 0.05) is 71.0 Å². The average molecular weight is 1920 g/mol. The van der Waals surface area contributed by atoms with E-state index in [1.165, 1.54) is 84.5 Å². The molecule has 103 heavy (non-hydrogen) atoms. The number of halogens is 6. The molecule has 0 aliphatic carbocycles. The van der Waals surface area contributed by atoms with Gasteiger partial charge in [-0.1, -0.05) is 48.5 Å². The topological polar surface area (TPSA) is 327 Å². The number of ether oxygens (including phenoxy) is 1. The first-order chi connectivity index (χ1) is 48.5. The number of sulfonamides is 2. The fourth-order valence-electron chi connectivity index (χ4n) is 10.8. The molecule has 5 aromatic carbocycles. The Morgan fingerprint density at radius 2 is 0.981 bits per heavy atom. The largest absolute Gasteiger partial charge is 0.478 e. The molecular formula is C71H97Br4Cl2N3O18S4Sn. The van der Waals surface area contributed by atoms with Gasteiger partial charge in [0.05, 0.1) is 50.1 Å². The van der Waals surface area contributed by atoms with Gasteiger partial charge in [-0.2, -0.15) is 27.8 Å². The summed E-state index contributed by atoms with van der Waals surface area (Å²) in [6.07, 6.45) is 18.3. The maximum atomic E-state index is 13.1. The molecule has 0 amide bonds. The summed E-state index contributed by atoms with van der Waals surface area (Å²) >= 11 is 10.9. The minimum Gasteiger partial charge on any atom is -0.478 e. The van der Waals surface area contributed by atoms with Crippen LogP contribution in [-0.4, -0.2) is 158 Å². The Morgan fingerprint density at radius 1 is 0.573 bits per heavy atom. The number of nitrogens with one attached hydrogen (secondary N) is 1. The Hall–Kier alpha value is -3.40. The number of carbonyl (C=O) groups is 2. The summed E-state index contributed by atoms with van der Waals surface area (Å²) in [6, 6.07) is 28.7. The van der Waals surface area contributed by atoms with Gasteiger partial charge in [-0.05, 0) is 227 Å². The SMILES string of the molecule is C=C[CH2][Sn]([CH2]CCC)([CH2]CCC)[CH2]CCC.CC(=O)c1ccc(Br)c(S(=O)(=O)Cl)c1.Cc1ccc(Br)c(S(=O)(=O)N2CCCC(O)CC2)c1.Cc1ccc(Br)c(S(=O)(=O)N2CCCC(OCc3ccccc3)CC2)c1.O=C(O)c1ccc(Br)c(S(=O)(=O)Cl)c1.O=C=O.O=C=O.OC1CCCNCC1. The van der Waals surface area contributed by atoms with E-state index >= 15 is 0 Å². The van der Waals surface area contributed by atoms with E-state index in [9.17, 15) is 48.4 Å². The number of nitrogens with zero attached hydrogens (tertiary/aromatic N) is 2. The number of ketones is 1. The molecular weight excluding hydrogens is 1820 g/mol. The molecule has 0 aromatic heterocycles. The zero-order valence-electron chi connectivity index (χ0n) is 59.0. The first-order valence-corrected chi connectivity index (χ1v) is 52.3. The van der Waals surface area contributed by atoms with Gasteiger partial charge in [0.1, 0.15) is 0 Å². The third kappa shape index (κ3) is 38.0. The Labute approximate surface area is 656 Å². The molecule has 0 radical (unpaired) electrons. The van der Waals surface area contributed by atoms with Crippen molar-refractivity contribution in [3.8, 4) is 0 Å². The number of carboxylic acid groups (broad SMARTS) is 1. The van der Waals surface area contributed by atoms with Crippen molar-refractivity contribution in [3.05, 3.63) is 161 Å². The van der Waals surface area contributed by atoms with E-state index < -0.39 is 62.5 Å². The number of unbranched alkanes of at least 4 members (excludes halogenated alkanes) is 3. The van der Waals surface area contributed by atoms with Crippen molar-refractivity contribution >= 4 is 166 Å². The molecule has 8 rings (SSSR count). The molecule has 32 heteroatoms. The third-order valence-corrected chi connectivity index (χ3v) is 42.2. The molecule has 3 saturated heterocycles. The van der Waals surface area contributed by atoms with E-state index in [0.29, 0.717) is 80.8 Å². The van der Waals surface area contributed by atoms with E-state index in [1.54, 1.807) is 41.9 Å². The molecule has 3 aliphatic rings. The van der Waals surface area contributed by atoms with Crippen molar-refractivity contribution in [2.75, 3.05) is 39.3 Å². The predicted octanol–water partition coefficient (Wildman–Crippen LogP) is 16.4. The quantitative estimate of drug-likeness (QED) is 0.0216. The van der Waals surface area contributed by atoms with E-state index in [4.69, 9.17) is 55.5 Å². The maximum absolute atomic E-state index is 13.1. The molecule has 3 fully saturated rings. The smallest absolute Gasteiger partial charge is 0.373 e. The van der Waals surface area contributed by atoms with Crippen LogP contribution in [0.5, 0.6) is 0 Å². The number of Topliss-reactive ketones (excluding diaryl/α,β-unsaturated/α-hetero) is 1. The number of hydrogen-bond acceptors (Lipinski definition) is 18. The Kier molecular flexibility index (Phi) is 49.1. The fourth-order valence-corrected chi connectivity index (χ4v) is 35.1. The van der Waals surface area contributed by atoms with Crippen molar-refractivity contribution in [2.45, 2.75) is 200 Å². The number of hydrogen-bond donors (Lipinski definition) is 4. The number of carbonyl (C=O) groups excluding carboxylic acids is 5. The Bertz CT molecular complexity index is 3840. The number of aliphatic hydroxyl groups is 2. The molecule has 4 N–H and O–H groups in total. The van der Waals surface area contributed by atoms with E-state index in [-0.39, 0.29) is 56.2 Å². The second kappa shape index (κ2) is 51.8. The van der Waals surface area contributed by atoms with Gasteiger partial charge in [0.15, 0.2) is 5.78 Å². The molecule has 0 saturated carbocycles. The zero-order valence-corrected chi connectivity index (χ0v) is 73.0. The van der Waals surface area contributed by atoms with Crippen molar-refractivity contribution in [2.24, 2.45) is 0 Å². The summed E-state index contributed by atoms with van der Waals surface area (Å²) in [7, 11) is -4.47. The molecule has 3 unspecified atom stereocenters. The molecule has 3 aliphatic heterocycles. The Balaban J connectivity index is 0.000000625. The summed E-state index contributed by atoms with van der Waals surface area (Å²) in [5.74, 6) is -1.42. The van der Waals surface area contributed by atoms with Gasteiger partial charge >= 0.3 is 126 Å². The molecule has 5 aromatic rings. The van der Waals surface area contributed by atoms with Gasteiger partial charge in [0.25, 0.3) is 18.1 Å². The number of rotatable bonds is 22.